The van der Waals surface area contributed by atoms with E-state index in [1.165, 1.54) is 39.5 Å². The normalized spacial score (nSPS) is 14.3. The van der Waals surface area contributed by atoms with Crippen molar-refractivity contribution in [2.45, 2.75) is 6.61 Å². The first-order valence-electron chi connectivity index (χ1n) is 11.4. The Bertz CT molecular complexity index is 1540. The van der Waals surface area contributed by atoms with Crippen LogP contribution in [0.25, 0.3) is 6.08 Å². The molecule has 4 amide bonds. The van der Waals surface area contributed by atoms with Gasteiger partial charge in [0.1, 0.15) is 23.7 Å². The predicted octanol–water partition coefficient (Wildman–Crippen LogP) is 6.52. The minimum Gasteiger partial charge on any atom is -0.495 e. The Morgan fingerprint density at radius 2 is 1.52 bits per heavy atom. The van der Waals surface area contributed by atoms with E-state index in [2.05, 4.69) is 5.32 Å². The largest absolute Gasteiger partial charge is 0.495 e. The Labute approximate surface area is 258 Å². The summed E-state index contributed by atoms with van der Waals surface area (Å²) in [6, 6.07) is 10.2. The van der Waals surface area contributed by atoms with Gasteiger partial charge >= 0.3 is 6.03 Å². The van der Waals surface area contributed by atoms with Gasteiger partial charge in [-0.25, -0.2) is 9.69 Å². The molecular weight excluding hydrogens is 698 g/mol. The molecule has 0 unspecified atom stereocenters. The van der Waals surface area contributed by atoms with Crippen molar-refractivity contribution in [2.75, 3.05) is 26.2 Å². The number of anilines is 1. The van der Waals surface area contributed by atoms with Gasteiger partial charge in [-0.3, -0.25) is 14.9 Å². The van der Waals surface area contributed by atoms with E-state index in [-0.39, 0.29) is 34.4 Å². The van der Waals surface area contributed by atoms with Crippen molar-refractivity contribution in [2.24, 2.45) is 0 Å². The summed E-state index contributed by atoms with van der Waals surface area (Å²) >= 11 is 20.7. The van der Waals surface area contributed by atoms with Crippen molar-refractivity contribution in [3.05, 3.63) is 77.8 Å². The Kier molecular flexibility index (Phi) is 9.34. The number of hydrogen-bond donors (Lipinski definition) is 1. The number of halogens is 4. The molecule has 13 heteroatoms. The van der Waals surface area contributed by atoms with Gasteiger partial charge in [-0.1, -0.05) is 40.9 Å². The average Bonchev–Trinajstić information content (AvgIpc) is 2.91. The van der Waals surface area contributed by atoms with E-state index < -0.39 is 17.8 Å². The number of nitrogens with zero attached hydrogens (tertiary/aromatic N) is 1. The minimum absolute atomic E-state index is 0.0405. The van der Waals surface area contributed by atoms with Crippen LogP contribution < -0.4 is 29.2 Å². The summed E-state index contributed by atoms with van der Waals surface area (Å²) in [6.07, 6.45) is 1.34. The molecule has 3 aromatic rings. The van der Waals surface area contributed by atoms with Gasteiger partial charge < -0.3 is 18.9 Å². The predicted molar refractivity (Wildman–Crippen MR) is 160 cm³/mol. The van der Waals surface area contributed by atoms with Crippen molar-refractivity contribution in [1.82, 2.24) is 5.32 Å². The van der Waals surface area contributed by atoms with Crippen LogP contribution in [0.1, 0.15) is 11.1 Å². The molecule has 4 rings (SSSR count). The van der Waals surface area contributed by atoms with Crippen LogP contribution in [0, 0.1) is 3.57 Å². The van der Waals surface area contributed by atoms with Crippen LogP contribution in [-0.4, -0.2) is 39.2 Å². The third-order valence-electron chi connectivity index (χ3n) is 5.78. The number of ether oxygens (including phenoxy) is 4. The molecule has 0 saturated carbocycles. The maximum atomic E-state index is 13.5. The van der Waals surface area contributed by atoms with Gasteiger partial charge in [0, 0.05) is 27.7 Å². The zero-order valence-electron chi connectivity index (χ0n) is 21.1. The second-order valence-corrected chi connectivity index (χ2v) is 10.5. The summed E-state index contributed by atoms with van der Waals surface area (Å²) in [4.78, 5) is 39.8. The fourth-order valence-corrected chi connectivity index (χ4v) is 5.36. The lowest BCUT2D eigenvalue weighted by Gasteiger charge is -2.28. The lowest BCUT2D eigenvalue weighted by Crippen LogP contribution is -2.54. The molecule has 0 spiro atoms. The smallest absolute Gasteiger partial charge is 0.336 e. The van der Waals surface area contributed by atoms with Crippen molar-refractivity contribution in [1.29, 1.82) is 0 Å². The van der Waals surface area contributed by atoms with E-state index in [1.807, 2.05) is 22.6 Å². The van der Waals surface area contributed by atoms with Gasteiger partial charge in [0.25, 0.3) is 11.8 Å². The van der Waals surface area contributed by atoms with Crippen LogP contribution in [0.2, 0.25) is 15.1 Å². The van der Waals surface area contributed by atoms with Crippen LogP contribution in [-0.2, 0) is 16.2 Å². The Morgan fingerprint density at radius 3 is 2.15 bits per heavy atom. The van der Waals surface area contributed by atoms with Gasteiger partial charge in [-0.15, -0.1) is 0 Å². The lowest BCUT2D eigenvalue weighted by molar-refractivity contribution is -0.122. The molecule has 3 aromatic carbocycles. The van der Waals surface area contributed by atoms with Crippen LogP contribution in [0.15, 0.2) is 48.0 Å². The Hall–Kier alpha value is -3.19. The number of barbiturate groups is 1. The molecule has 1 fully saturated rings. The minimum atomic E-state index is -0.955. The van der Waals surface area contributed by atoms with E-state index in [0.29, 0.717) is 36.2 Å². The molecule has 1 aliphatic heterocycles. The number of imide groups is 2. The standard InChI is InChI=1S/C27H20Cl3IN2O7/c1-37-21-11-20(22(38-2)10-18(21)30)33-26(35)14(25(34)32-27(33)36)7-13-8-19(31)24(23(9-13)39-3)40-12-15-16(28)5-4-6-17(15)29/h4-11H,12H2,1-3H3,(H,32,34,36)/b14-7+. The first kappa shape index (κ1) is 29.8. The molecular formula is C27H20Cl3IN2O7. The molecule has 0 aliphatic carbocycles. The Morgan fingerprint density at radius 1 is 0.875 bits per heavy atom. The molecule has 1 saturated heterocycles. The number of amides is 4. The summed E-state index contributed by atoms with van der Waals surface area (Å²) in [5.41, 5.74) is 0.792. The van der Waals surface area contributed by atoms with Gasteiger partial charge in [0.05, 0.1) is 35.6 Å². The van der Waals surface area contributed by atoms with Gasteiger partial charge in [0.2, 0.25) is 0 Å². The highest BCUT2D eigenvalue weighted by atomic mass is 127. The van der Waals surface area contributed by atoms with E-state index in [9.17, 15) is 14.4 Å². The van der Waals surface area contributed by atoms with Crippen molar-refractivity contribution < 1.29 is 33.3 Å². The third kappa shape index (κ3) is 5.95. The quantitative estimate of drug-likeness (QED) is 0.161. The highest BCUT2D eigenvalue weighted by Crippen LogP contribution is 2.40. The molecule has 40 heavy (non-hydrogen) atoms. The van der Waals surface area contributed by atoms with Crippen LogP contribution in [0.4, 0.5) is 10.5 Å². The summed E-state index contributed by atoms with van der Waals surface area (Å²) in [5, 5.41) is 3.31. The number of benzene rings is 3. The average molecular weight is 718 g/mol. The van der Waals surface area contributed by atoms with E-state index in [1.54, 1.807) is 30.3 Å². The van der Waals surface area contributed by atoms with Crippen LogP contribution >= 0.6 is 57.4 Å². The summed E-state index contributed by atoms with van der Waals surface area (Å²) in [5.74, 6) is -0.668. The second-order valence-electron chi connectivity index (χ2n) is 8.14. The molecule has 0 bridgehead atoms. The van der Waals surface area contributed by atoms with Gasteiger partial charge in [0.15, 0.2) is 11.5 Å². The van der Waals surface area contributed by atoms with E-state index >= 15 is 0 Å². The zero-order valence-corrected chi connectivity index (χ0v) is 25.6. The fourth-order valence-electron chi connectivity index (χ4n) is 3.84. The zero-order chi connectivity index (χ0) is 29.1. The number of carbonyl (C=O) groups excluding carboxylic acids is 3. The highest BCUT2D eigenvalue weighted by Gasteiger charge is 2.38. The first-order chi connectivity index (χ1) is 19.1. The fraction of sp³-hybridized carbons (Fsp3) is 0.148. The molecule has 1 aliphatic rings. The molecule has 1 N–H and O–H groups in total. The third-order valence-corrected chi connectivity index (χ3v) is 7.59. The lowest BCUT2D eigenvalue weighted by atomic mass is 10.1. The maximum Gasteiger partial charge on any atom is 0.336 e. The maximum absolute atomic E-state index is 13.5. The van der Waals surface area contributed by atoms with E-state index in [4.69, 9.17) is 53.8 Å². The van der Waals surface area contributed by atoms with Gasteiger partial charge in [-0.05, 0) is 58.5 Å². The molecule has 1 heterocycles. The monoisotopic (exact) mass is 716 g/mol. The second kappa shape index (κ2) is 12.5. The number of rotatable bonds is 8. The van der Waals surface area contributed by atoms with Crippen molar-refractivity contribution in [3.8, 4) is 23.0 Å². The molecule has 0 aromatic heterocycles. The highest BCUT2D eigenvalue weighted by molar-refractivity contribution is 14.1. The topological polar surface area (TPSA) is 103 Å². The van der Waals surface area contributed by atoms with Crippen molar-refractivity contribution in [3.63, 3.8) is 0 Å². The molecule has 208 valence electrons. The first-order valence-corrected chi connectivity index (χ1v) is 13.6. The number of hydrogen-bond acceptors (Lipinski definition) is 7. The number of methoxy groups -OCH3 is 3. The van der Waals surface area contributed by atoms with Crippen LogP contribution in [0.3, 0.4) is 0 Å². The molecule has 0 atom stereocenters. The van der Waals surface area contributed by atoms with Crippen molar-refractivity contribution >= 4 is 87.0 Å². The molecule has 9 nitrogen and oxygen atoms in total. The number of nitrogens with one attached hydrogen (secondary N) is 1. The number of urea groups is 1. The summed E-state index contributed by atoms with van der Waals surface area (Å²) in [7, 11) is 4.19. The van der Waals surface area contributed by atoms with E-state index in [0.717, 1.165) is 4.90 Å². The number of carbonyl (C=O) groups is 3. The van der Waals surface area contributed by atoms with Crippen LogP contribution in [0.5, 0.6) is 23.0 Å². The van der Waals surface area contributed by atoms with Gasteiger partial charge in [-0.2, -0.15) is 0 Å². The Balaban J connectivity index is 1.70. The SMILES string of the molecule is COc1cc(N2C(=O)NC(=O)/C(=C\c3cc(I)c(OCc4c(Cl)cccc4Cl)c(OC)c3)C2=O)c(OC)cc1Cl. The summed E-state index contributed by atoms with van der Waals surface area (Å²) in [6.45, 7) is 0.0790. The molecule has 0 radical (unpaired) electrons. The summed E-state index contributed by atoms with van der Waals surface area (Å²) < 4.78 is 22.7.